The molecular formula is C14H12Cl2O2S. The first kappa shape index (κ1) is 14.4. The van der Waals surface area contributed by atoms with Crippen LogP contribution in [-0.2, 0) is 0 Å². The van der Waals surface area contributed by atoms with E-state index < -0.39 is 0 Å². The molecule has 0 aliphatic heterocycles. The number of rotatable bonds is 5. The third kappa shape index (κ3) is 4.23. The van der Waals surface area contributed by atoms with Gasteiger partial charge in [-0.25, -0.2) is 0 Å². The molecule has 0 aliphatic carbocycles. The molecule has 2 aromatic rings. The molecular weight excluding hydrogens is 303 g/mol. The largest absolute Gasteiger partial charge is 0.508 e. The van der Waals surface area contributed by atoms with Gasteiger partial charge in [-0.1, -0.05) is 29.3 Å². The molecule has 0 spiro atoms. The number of hydrogen-bond donors (Lipinski definition) is 1. The van der Waals surface area contributed by atoms with Crippen LogP contribution in [0.1, 0.15) is 0 Å². The number of hydrogen-bond acceptors (Lipinski definition) is 3. The Morgan fingerprint density at radius 3 is 2.26 bits per heavy atom. The van der Waals surface area contributed by atoms with Crippen molar-refractivity contribution in [3.63, 3.8) is 0 Å². The molecule has 2 nitrogen and oxygen atoms in total. The molecule has 0 aromatic heterocycles. The van der Waals surface area contributed by atoms with Crippen molar-refractivity contribution in [2.45, 2.75) is 4.90 Å². The molecule has 0 heterocycles. The minimum Gasteiger partial charge on any atom is -0.508 e. The summed E-state index contributed by atoms with van der Waals surface area (Å²) in [4.78, 5) is 1.08. The van der Waals surface area contributed by atoms with Crippen LogP contribution in [0, 0.1) is 0 Å². The molecule has 1 N–H and O–H groups in total. The van der Waals surface area contributed by atoms with E-state index in [1.54, 1.807) is 42.1 Å². The first-order valence-corrected chi connectivity index (χ1v) is 7.39. The second kappa shape index (κ2) is 6.94. The minimum atomic E-state index is 0.267. The van der Waals surface area contributed by atoms with Crippen LogP contribution in [0.2, 0.25) is 10.0 Å². The van der Waals surface area contributed by atoms with Gasteiger partial charge in [0.1, 0.15) is 5.75 Å². The van der Waals surface area contributed by atoms with Crippen LogP contribution >= 0.6 is 35.0 Å². The third-order valence-corrected chi connectivity index (χ3v) is 3.93. The Hall–Kier alpha value is -1.03. The molecule has 0 saturated carbocycles. The summed E-state index contributed by atoms with van der Waals surface area (Å²) < 4.78 is 5.58. The first-order chi connectivity index (χ1) is 9.16. The number of ether oxygens (including phenoxy) is 1. The minimum absolute atomic E-state index is 0.267. The molecule has 0 radical (unpaired) electrons. The van der Waals surface area contributed by atoms with E-state index in [0.717, 1.165) is 10.6 Å². The molecule has 2 aromatic carbocycles. The van der Waals surface area contributed by atoms with Crippen molar-refractivity contribution < 1.29 is 9.84 Å². The number of phenols is 1. The topological polar surface area (TPSA) is 29.5 Å². The van der Waals surface area contributed by atoms with Gasteiger partial charge in [0.05, 0.1) is 16.7 Å². The van der Waals surface area contributed by atoms with Gasteiger partial charge in [-0.15, -0.1) is 11.8 Å². The normalized spacial score (nSPS) is 10.4. The molecule has 2 rings (SSSR count). The van der Waals surface area contributed by atoms with Gasteiger partial charge >= 0.3 is 0 Å². The average molecular weight is 315 g/mol. The van der Waals surface area contributed by atoms with Crippen molar-refractivity contribution in [2.75, 3.05) is 12.4 Å². The fourth-order valence-electron chi connectivity index (χ4n) is 1.47. The number of aromatic hydroxyl groups is 1. The monoisotopic (exact) mass is 314 g/mol. The summed E-state index contributed by atoms with van der Waals surface area (Å²) in [5.41, 5.74) is 0. The van der Waals surface area contributed by atoms with Crippen LogP contribution in [0.25, 0.3) is 0 Å². The summed E-state index contributed by atoms with van der Waals surface area (Å²) in [7, 11) is 0. The Morgan fingerprint density at radius 2 is 1.63 bits per heavy atom. The predicted molar refractivity (Wildman–Crippen MR) is 80.8 cm³/mol. The van der Waals surface area contributed by atoms with Crippen LogP contribution in [0.15, 0.2) is 47.4 Å². The van der Waals surface area contributed by atoms with Gasteiger partial charge in [0, 0.05) is 10.6 Å². The second-order valence-electron chi connectivity index (χ2n) is 3.74. The Balaban J connectivity index is 1.82. The van der Waals surface area contributed by atoms with Gasteiger partial charge in [-0.3, -0.25) is 0 Å². The van der Waals surface area contributed by atoms with Crippen molar-refractivity contribution in [1.29, 1.82) is 0 Å². The summed E-state index contributed by atoms with van der Waals surface area (Å²) in [6.07, 6.45) is 0. The highest BCUT2D eigenvalue weighted by molar-refractivity contribution is 7.99. The Morgan fingerprint density at radius 1 is 1.00 bits per heavy atom. The molecule has 0 saturated heterocycles. The summed E-state index contributed by atoms with van der Waals surface area (Å²) in [6.45, 7) is 0.509. The van der Waals surface area contributed by atoms with E-state index in [9.17, 15) is 5.11 Å². The van der Waals surface area contributed by atoms with E-state index in [2.05, 4.69) is 0 Å². The summed E-state index contributed by atoms with van der Waals surface area (Å²) in [5.74, 6) is 1.56. The lowest BCUT2D eigenvalue weighted by atomic mass is 10.3. The molecule has 0 amide bonds. The lowest BCUT2D eigenvalue weighted by Gasteiger charge is -2.09. The number of thioether (sulfide) groups is 1. The summed E-state index contributed by atoms with van der Waals surface area (Å²) >= 11 is 13.6. The number of halogens is 2. The fourth-order valence-corrected chi connectivity index (χ4v) is 2.70. The van der Waals surface area contributed by atoms with Crippen LogP contribution in [-0.4, -0.2) is 17.5 Å². The van der Waals surface area contributed by atoms with E-state index >= 15 is 0 Å². The van der Waals surface area contributed by atoms with Crippen molar-refractivity contribution in [2.24, 2.45) is 0 Å². The molecule has 0 bridgehead atoms. The molecule has 100 valence electrons. The van der Waals surface area contributed by atoms with Crippen molar-refractivity contribution in [1.82, 2.24) is 0 Å². The maximum absolute atomic E-state index is 9.17. The smallest absolute Gasteiger partial charge is 0.156 e. The summed E-state index contributed by atoms with van der Waals surface area (Å²) in [6, 6.07) is 12.3. The number of para-hydroxylation sites is 1. The standard InChI is InChI=1S/C14H12Cl2O2S/c15-12-2-1-3-13(16)14(12)18-8-9-19-11-6-4-10(17)5-7-11/h1-7,17H,8-9H2. The molecule has 5 heteroatoms. The van der Waals surface area contributed by atoms with Gasteiger partial charge < -0.3 is 9.84 Å². The number of phenolic OH excluding ortho intramolecular Hbond substituents is 1. The van der Waals surface area contributed by atoms with E-state index in [-0.39, 0.29) is 5.75 Å². The maximum atomic E-state index is 9.17. The quantitative estimate of drug-likeness (QED) is 0.630. The molecule has 0 aliphatic rings. The van der Waals surface area contributed by atoms with Gasteiger partial charge in [0.15, 0.2) is 5.75 Å². The zero-order valence-corrected chi connectivity index (χ0v) is 12.3. The highest BCUT2D eigenvalue weighted by Crippen LogP contribution is 2.32. The lowest BCUT2D eigenvalue weighted by molar-refractivity contribution is 0.344. The van der Waals surface area contributed by atoms with Gasteiger partial charge in [0.25, 0.3) is 0 Å². The Kier molecular flexibility index (Phi) is 5.25. The Labute approximate surface area is 126 Å². The average Bonchev–Trinajstić information content (AvgIpc) is 2.39. The van der Waals surface area contributed by atoms with Crippen molar-refractivity contribution in [3.8, 4) is 11.5 Å². The van der Waals surface area contributed by atoms with E-state index in [4.69, 9.17) is 27.9 Å². The highest BCUT2D eigenvalue weighted by Gasteiger charge is 2.06. The van der Waals surface area contributed by atoms with Gasteiger partial charge in [-0.05, 0) is 36.4 Å². The van der Waals surface area contributed by atoms with Crippen molar-refractivity contribution in [3.05, 3.63) is 52.5 Å². The lowest BCUT2D eigenvalue weighted by Crippen LogP contribution is -2.01. The SMILES string of the molecule is Oc1ccc(SCCOc2c(Cl)cccc2Cl)cc1. The molecule has 0 atom stereocenters. The molecule has 19 heavy (non-hydrogen) atoms. The molecule has 0 unspecified atom stereocenters. The second-order valence-corrected chi connectivity index (χ2v) is 5.72. The van der Waals surface area contributed by atoms with E-state index in [1.807, 2.05) is 12.1 Å². The van der Waals surface area contributed by atoms with E-state index in [1.165, 1.54) is 0 Å². The van der Waals surface area contributed by atoms with Crippen molar-refractivity contribution >= 4 is 35.0 Å². The molecule has 0 fully saturated rings. The Bertz CT molecular complexity index is 523. The van der Waals surface area contributed by atoms with Crippen LogP contribution in [0.5, 0.6) is 11.5 Å². The van der Waals surface area contributed by atoms with Crippen LogP contribution < -0.4 is 4.74 Å². The van der Waals surface area contributed by atoms with Gasteiger partial charge in [0.2, 0.25) is 0 Å². The number of benzene rings is 2. The fraction of sp³-hybridized carbons (Fsp3) is 0.143. The van der Waals surface area contributed by atoms with Crippen LogP contribution in [0.3, 0.4) is 0 Å². The first-order valence-electron chi connectivity index (χ1n) is 5.65. The zero-order chi connectivity index (χ0) is 13.7. The summed E-state index contributed by atoms with van der Waals surface area (Å²) in [5, 5.41) is 10.2. The van der Waals surface area contributed by atoms with Gasteiger partial charge in [-0.2, -0.15) is 0 Å². The zero-order valence-electron chi connectivity index (χ0n) is 9.98. The highest BCUT2D eigenvalue weighted by atomic mass is 35.5. The van der Waals surface area contributed by atoms with E-state index in [0.29, 0.717) is 22.4 Å². The van der Waals surface area contributed by atoms with Crippen LogP contribution in [0.4, 0.5) is 0 Å². The predicted octanol–water partition coefficient (Wildman–Crippen LogP) is 4.87. The third-order valence-electron chi connectivity index (χ3n) is 2.35. The maximum Gasteiger partial charge on any atom is 0.156 e.